The monoisotopic (exact) mass is 236 g/mol. The van der Waals surface area contributed by atoms with Gasteiger partial charge < -0.3 is 15.1 Å². The standard InChI is InChI=1S/C13H20N2O2/c1-3-5-15(6-7-16)13-9-11(10-17)8-12(4-2)14-13/h3,8-9,16-17H,1,4-7,10H2,2H3. The van der Waals surface area contributed by atoms with Crippen LogP contribution in [0, 0.1) is 0 Å². The summed E-state index contributed by atoms with van der Waals surface area (Å²) >= 11 is 0. The zero-order chi connectivity index (χ0) is 12.7. The molecule has 0 radical (unpaired) electrons. The zero-order valence-corrected chi connectivity index (χ0v) is 10.3. The van der Waals surface area contributed by atoms with E-state index in [2.05, 4.69) is 11.6 Å². The van der Waals surface area contributed by atoms with Crippen LogP contribution in [0.1, 0.15) is 18.2 Å². The highest BCUT2D eigenvalue weighted by molar-refractivity contribution is 5.43. The van der Waals surface area contributed by atoms with Gasteiger partial charge >= 0.3 is 0 Å². The topological polar surface area (TPSA) is 56.6 Å². The number of aromatic nitrogens is 1. The Morgan fingerprint density at radius 3 is 2.71 bits per heavy atom. The lowest BCUT2D eigenvalue weighted by molar-refractivity contribution is 0.281. The molecule has 0 bridgehead atoms. The average Bonchev–Trinajstić information content (AvgIpc) is 2.37. The predicted octanol–water partition coefficient (Wildman–Crippen LogP) is 1.12. The first-order valence-corrected chi connectivity index (χ1v) is 5.82. The molecule has 0 aromatic carbocycles. The van der Waals surface area contributed by atoms with Crippen LogP contribution in [0.15, 0.2) is 24.8 Å². The van der Waals surface area contributed by atoms with Crippen molar-refractivity contribution in [1.29, 1.82) is 0 Å². The Hall–Kier alpha value is -1.39. The number of rotatable bonds is 7. The Morgan fingerprint density at radius 1 is 1.41 bits per heavy atom. The molecule has 0 aliphatic rings. The Labute approximate surface area is 102 Å². The Morgan fingerprint density at radius 2 is 2.18 bits per heavy atom. The Kier molecular flexibility index (Phi) is 5.66. The molecule has 4 nitrogen and oxygen atoms in total. The minimum atomic E-state index is 0.00355. The molecule has 1 heterocycles. The molecule has 0 amide bonds. The molecule has 17 heavy (non-hydrogen) atoms. The molecule has 0 fully saturated rings. The minimum absolute atomic E-state index is 0.00355. The lowest BCUT2D eigenvalue weighted by Crippen LogP contribution is -2.28. The quantitative estimate of drug-likeness (QED) is 0.697. The maximum atomic E-state index is 9.21. The molecule has 0 saturated carbocycles. The van der Waals surface area contributed by atoms with Gasteiger partial charge in [-0.25, -0.2) is 4.98 Å². The van der Waals surface area contributed by atoms with E-state index in [0.29, 0.717) is 13.1 Å². The average molecular weight is 236 g/mol. The van der Waals surface area contributed by atoms with Crippen LogP contribution >= 0.6 is 0 Å². The first-order chi connectivity index (χ1) is 8.24. The third kappa shape index (κ3) is 3.84. The van der Waals surface area contributed by atoms with E-state index in [1.807, 2.05) is 24.0 Å². The van der Waals surface area contributed by atoms with Crippen LogP contribution in [0.4, 0.5) is 5.82 Å². The molecular weight excluding hydrogens is 216 g/mol. The first-order valence-electron chi connectivity index (χ1n) is 5.82. The van der Waals surface area contributed by atoms with E-state index in [4.69, 9.17) is 5.11 Å². The van der Waals surface area contributed by atoms with Crippen LogP contribution in [-0.2, 0) is 13.0 Å². The molecule has 1 aromatic rings. The minimum Gasteiger partial charge on any atom is -0.395 e. The molecule has 1 aromatic heterocycles. The van der Waals surface area contributed by atoms with Gasteiger partial charge in [0.15, 0.2) is 0 Å². The number of aryl methyl sites for hydroxylation is 1. The van der Waals surface area contributed by atoms with Crippen molar-refractivity contribution >= 4 is 5.82 Å². The molecule has 0 spiro atoms. The third-order valence-electron chi connectivity index (χ3n) is 2.51. The van der Waals surface area contributed by atoms with E-state index in [1.165, 1.54) is 0 Å². The smallest absolute Gasteiger partial charge is 0.129 e. The number of anilines is 1. The van der Waals surface area contributed by atoms with Crippen LogP contribution < -0.4 is 4.90 Å². The number of hydrogen-bond acceptors (Lipinski definition) is 4. The van der Waals surface area contributed by atoms with Gasteiger partial charge in [-0.2, -0.15) is 0 Å². The second kappa shape index (κ2) is 7.04. The maximum absolute atomic E-state index is 9.21. The van der Waals surface area contributed by atoms with Gasteiger partial charge in [0, 0.05) is 18.8 Å². The molecule has 0 saturated heterocycles. The van der Waals surface area contributed by atoms with Gasteiger partial charge in [-0.3, -0.25) is 0 Å². The molecule has 0 aliphatic heterocycles. The highest BCUT2D eigenvalue weighted by atomic mass is 16.3. The van der Waals surface area contributed by atoms with Crippen molar-refractivity contribution in [3.63, 3.8) is 0 Å². The summed E-state index contributed by atoms with van der Waals surface area (Å²) in [5, 5.41) is 18.2. The van der Waals surface area contributed by atoms with Crippen LogP contribution in [0.5, 0.6) is 0 Å². The fourth-order valence-corrected chi connectivity index (χ4v) is 1.64. The van der Waals surface area contributed by atoms with Crippen molar-refractivity contribution in [2.24, 2.45) is 0 Å². The summed E-state index contributed by atoms with van der Waals surface area (Å²) < 4.78 is 0. The number of aliphatic hydroxyl groups excluding tert-OH is 2. The van der Waals surface area contributed by atoms with Crippen molar-refractivity contribution < 1.29 is 10.2 Å². The van der Waals surface area contributed by atoms with E-state index in [-0.39, 0.29) is 13.2 Å². The summed E-state index contributed by atoms with van der Waals surface area (Å²) in [6, 6.07) is 3.74. The molecular formula is C13H20N2O2. The van der Waals surface area contributed by atoms with Crippen LogP contribution in [0.25, 0.3) is 0 Å². The summed E-state index contributed by atoms with van der Waals surface area (Å²) in [4.78, 5) is 6.43. The summed E-state index contributed by atoms with van der Waals surface area (Å²) in [5.41, 5.74) is 1.79. The van der Waals surface area contributed by atoms with E-state index in [1.54, 1.807) is 6.08 Å². The van der Waals surface area contributed by atoms with Crippen molar-refractivity contribution in [1.82, 2.24) is 4.98 Å². The molecule has 0 atom stereocenters. The normalized spacial score (nSPS) is 10.3. The van der Waals surface area contributed by atoms with Crippen LogP contribution in [0.3, 0.4) is 0 Å². The highest BCUT2D eigenvalue weighted by Crippen LogP contribution is 2.15. The second-order valence-corrected chi connectivity index (χ2v) is 3.79. The van der Waals surface area contributed by atoms with Gasteiger partial charge in [-0.05, 0) is 24.1 Å². The predicted molar refractivity (Wildman–Crippen MR) is 69.0 cm³/mol. The van der Waals surface area contributed by atoms with Gasteiger partial charge in [0.05, 0.1) is 13.2 Å². The first kappa shape index (κ1) is 13.7. The Balaban J connectivity index is 3.03. The SMILES string of the molecule is C=CCN(CCO)c1cc(CO)cc(CC)n1. The van der Waals surface area contributed by atoms with Crippen molar-refractivity contribution in [2.45, 2.75) is 20.0 Å². The van der Waals surface area contributed by atoms with E-state index in [0.717, 1.165) is 23.5 Å². The lowest BCUT2D eigenvalue weighted by atomic mass is 10.2. The van der Waals surface area contributed by atoms with Gasteiger partial charge in [0.2, 0.25) is 0 Å². The number of hydrogen-bond donors (Lipinski definition) is 2. The van der Waals surface area contributed by atoms with Gasteiger partial charge in [-0.15, -0.1) is 6.58 Å². The van der Waals surface area contributed by atoms with Gasteiger partial charge in [0.25, 0.3) is 0 Å². The largest absolute Gasteiger partial charge is 0.395 e. The van der Waals surface area contributed by atoms with E-state index in [9.17, 15) is 5.11 Å². The van der Waals surface area contributed by atoms with Crippen LogP contribution in [0.2, 0.25) is 0 Å². The van der Waals surface area contributed by atoms with Gasteiger partial charge in [-0.1, -0.05) is 13.0 Å². The molecule has 1 rings (SSSR count). The number of pyridine rings is 1. The molecule has 2 N–H and O–H groups in total. The maximum Gasteiger partial charge on any atom is 0.129 e. The van der Waals surface area contributed by atoms with E-state index < -0.39 is 0 Å². The van der Waals surface area contributed by atoms with Gasteiger partial charge in [0.1, 0.15) is 5.82 Å². The second-order valence-electron chi connectivity index (χ2n) is 3.79. The molecule has 4 heteroatoms. The van der Waals surface area contributed by atoms with Crippen molar-refractivity contribution in [3.8, 4) is 0 Å². The highest BCUT2D eigenvalue weighted by Gasteiger charge is 2.08. The zero-order valence-electron chi connectivity index (χ0n) is 10.3. The summed E-state index contributed by atoms with van der Waals surface area (Å²) in [5.74, 6) is 0.780. The lowest BCUT2D eigenvalue weighted by Gasteiger charge is -2.22. The fourth-order valence-electron chi connectivity index (χ4n) is 1.64. The Bertz CT molecular complexity index is 344. The number of nitrogens with zero attached hydrogens (tertiary/aromatic N) is 2. The number of aliphatic hydroxyl groups is 2. The summed E-state index contributed by atoms with van der Waals surface area (Å²) in [6.45, 7) is 6.93. The van der Waals surface area contributed by atoms with Crippen LogP contribution in [-0.4, -0.2) is 34.9 Å². The fraction of sp³-hybridized carbons (Fsp3) is 0.462. The summed E-state index contributed by atoms with van der Waals surface area (Å²) in [7, 11) is 0. The molecule has 0 aliphatic carbocycles. The summed E-state index contributed by atoms with van der Waals surface area (Å²) in [6.07, 6.45) is 2.59. The molecule has 0 unspecified atom stereocenters. The van der Waals surface area contributed by atoms with Crippen molar-refractivity contribution in [3.05, 3.63) is 36.0 Å². The third-order valence-corrected chi connectivity index (χ3v) is 2.51. The van der Waals surface area contributed by atoms with E-state index >= 15 is 0 Å². The molecule has 94 valence electrons. The van der Waals surface area contributed by atoms with Crippen molar-refractivity contribution in [2.75, 3.05) is 24.6 Å².